The molecule has 0 spiro atoms. The van der Waals surface area contributed by atoms with Crippen molar-refractivity contribution in [1.82, 2.24) is 9.97 Å². The van der Waals surface area contributed by atoms with Gasteiger partial charge in [-0.25, -0.2) is 14.8 Å². The molecule has 0 aromatic carbocycles. The Balaban J connectivity index is 1.48. The Bertz CT molecular complexity index is 1120. The Labute approximate surface area is 183 Å². The number of urea groups is 1. The van der Waals surface area contributed by atoms with Gasteiger partial charge in [-0.1, -0.05) is 12.2 Å². The van der Waals surface area contributed by atoms with Gasteiger partial charge in [0.2, 0.25) is 0 Å². The summed E-state index contributed by atoms with van der Waals surface area (Å²) in [6.07, 6.45) is 4.58. The largest absolute Gasteiger partial charge is 0.480 e. The van der Waals surface area contributed by atoms with Crippen molar-refractivity contribution in [2.75, 3.05) is 46.7 Å². The number of nitrogens with zero attached hydrogens (tertiary/aromatic N) is 4. The van der Waals surface area contributed by atoms with Gasteiger partial charge in [0.1, 0.15) is 5.82 Å². The molecule has 0 atom stereocenters. The molecule has 4 heterocycles. The average Bonchev–Trinajstić information content (AvgIpc) is 2.78. The van der Waals surface area contributed by atoms with Crippen LogP contribution in [0, 0.1) is 0 Å². The molecule has 2 aromatic heterocycles. The summed E-state index contributed by atoms with van der Waals surface area (Å²) < 4.78 is 10.8. The molecule has 4 amide bonds. The third-order valence-electron chi connectivity index (χ3n) is 4.61. The summed E-state index contributed by atoms with van der Waals surface area (Å²) in [7, 11) is 0. The normalized spacial score (nSPS) is 14.5. The van der Waals surface area contributed by atoms with Crippen LogP contribution in [0.4, 0.5) is 27.9 Å². The number of hydrogen-bond acceptors (Lipinski definition) is 7. The molecule has 2 aromatic rings. The van der Waals surface area contributed by atoms with Crippen molar-refractivity contribution in [2.24, 2.45) is 0 Å². The first-order valence-corrected chi connectivity index (χ1v) is 9.67. The first kappa shape index (κ1) is 20.8. The van der Waals surface area contributed by atoms with Crippen molar-refractivity contribution < 1.29 is 23.9 Å². The van der Waals surface area contributed by atoms with E-state index in [1.54, 1.807) is 30.4 Å². The summed E-state index contributed by atoms with van der Waals surface area (Å²) in [6, 6.07) is 4.18. The molecule has 4 rings (SSSR count). The van der Waals surface area contributed by atoms with E-state index < -0.39 is 6.03 Å². The lowest BCUT2D eigenvalue weighted by Crippen LogP contribution is -2.39. The molecule has 0 saturated heterocycles. The lowest BCUT2D eigenvalue weighted by molar-refractivity contribution is -0.122. The van der Waals surface area contributed by atoms with E-state index in [4.69, 9.17) is 9.47 Å². The van der Waals surface area contributed by atoms with Crippen molar-refractivity contribution in [1.29, 1.82) is 0 Å². The van der Waals surface area contributed by atoms with E-state index in [-0.39, 0.29) is 37.4 Å². The summed E-state index contributed by atoms with van der Waals surface area (Å²) in [5.74, 6) is 1.20. The highest BCUT2D eigenvalue weighted by Crippen LogP contribution is 2.33. The molecule has 0 bridgehead atoms. The molecular weight excluding hydrogens is 416 g/mol. The SMILES string of the molecule is C=CCN1C(=O)COc2cc(NC(=O)Nc3ccc4c(n3)N(CC=C)C(=O)CO4)cnc21. The Kier molecular flexibility index (Phi) is 5.71. The van der Waals surface area contributed by atoms with Gasteiger partial charge in [-0.3, -0.25) is 24.7 Å². The summed E-state index contributed by atoms with van der Waals surface area (Å²) in [4.78, 5) is 48.0. The predicted molar refractivity (Wildman–Crippen MR) is 117 cm³/mol. The molecule has 0 saturated carbocycles. The summed E-state index contributed by atoms with van der Waals surface area (Å²) in [5.41, 5.74) is 0.360. The number of carbonyl (C=O) groups is 3. The van der Waals surface area contributed by atoms with Crippen molar-refractivity contribution in [3.8, 4) is 11.5 Å². The molecule has 0 fully saturated rings. The fraction of sp³-hybridized carbons (Fsp3) is 0.190. The van der Waals surface area contributed by atoms with Crippen LogP contribution in [-0.2, 0) is 9.59 Å². The lowest BCUT2D eigenvalue weighted by atomic mass is 10.3. The second kappa shape index (κ2) is 8.76. The van der Waals surface area contributed by atoms with E-state index in [1.807, 2.05) is 0 Å². The van der Waals surface area contributed by atoms with Gasteiger partial charge in [0.25, 0.3) is 11.8 Å². The van der Waals surface area contributed by atoms with Crippen LogP contribution in [0.2, 0.25) is 0 Å². The van der Waals surface area contributed by atoms with Gasteiger partial charge in [0.05, 0.1) is 11.9 Å². The van der Waals surface area contributed by atoms with E-state index in [0.29, 0.717) is 35.4 Å². The number of carbonyl (C=O) groups excluding carboxylic acids is 3. The van der Waals surface area contributed by atoms with Crippen molar-refractivity contribution >= 4 is 41.0 Å². The van der Waals surface area contributed by atoms with Crippen LogP contribution in [0.25, 0.3) is 0 Å². The van der Waals surface area contributed by atoms with E-state index in [0.717, 1.165) is 0 Å². The number of amides is 4. The Morgan fingerprint density at radius 3 is 2.34 bits per heavy atom. The zero-order valence-corrected chi connectivity index (χ0v) is 17.0. The monoisotopic (exact) mass is 436 g/mol. The van der Waals surface area contributed by atoms with Crippen LogP contribution >= 0.6 is 0 Å². The number of aromatic nitrogens is 2. The molecule has 32 heavy (non-hydrogen) atoms. The quantitative estimate of drug-likeness (QED) is 0.663. The molecule has 164 valence electrons. The minimum absolute atomic E-state index is 0.0843. The number of fused-ring (bicyclic) bond motifs is 2. The molecular formula is C21H20N6O5. The van der Waals surface area contributed by atoms with E-state index in [9.17, 15) is 14.4 Å². The maximum atomic E-state index is 12.5. The minimum atomic E-state index is -0.577. The number of nitrogens with one attached hydrogen (secondary N) is 2. The zero-order chi connectivity index (χ0) is 22.7. The topological polar surface area (TPSA) is 126 Å². The summed E-state index contributed by atoms with van der Waals surface area (Å²) >= 11 is 0. The Morgan fingerprint density at radius 1 is 1.00 bits per heavy atom. The molecule has 0 radical (unpaired) electrons. The Hall–Kier alpha value is -4.41. The summed E-state index contributed by atoms with van der Waals surface area (Å²) in [6.45, 7) is 7.64. The molecule has 2 aliphatic heterocycles. The number of anilines is 4. The van der Waals surface area contributed by atoms with Gasteiger partial charge in [-0.15, -0.1) is 13.2 Å². The highest BCUT2D eigenvalue weighted by molar-refractivity contribution is 6.01. The van der Waals surface area contributed by atoms with Crippen molar-refractivity contribution in [2.45, 2.75) is 0 Å². The van der Waals surface area contributed by atoms with E-state index in [2.05, 4.69) is 33.8 Å². The summed E-state index contributed by atoms with van der Waals surface area (Å²) in [5, 5.41) is 5.25. The van der Waals surface area contributed by atoms with Crippen LogP contribution < -0.4 is 29.9 Å². The third-order valence-corrected chi connectivity index (χ3v) is 4.61. The second-order valence-corrected chi connectivity index (χ2v) is 6.81. The maximum Gasteiger partial charge on any atom is 0.324 e. The molecule has 2 aliphatic rings. The molecule has 0 aliphatic carbocycles. The molecule has 11 nitrogen and oxygen atoms in total. The predicted octanol–water partition coefficient (Wildman–Crippen LogP) is 1.94. The van der Waals surface area contributed by atoms with Gasteiger partial charge in [0.15, 0.2) is 36.3 Å². The number of ether oxygens (including phenoxy) is 2. The van der Waals surface area contributed by atoms with Crippen LogP contribution in [0.1, 0.15) is 0 Å². The van der Waals surface area contributed by atoms with Crippen molar-refractivity contribution in [3.63, 3.8) is 0 Å². The third kappa shape index (κ3) is 4.08. The van der Waals surface area contributed by atoms with Gasteiger partial charge in [-0.2, -0.15) is 0 Å². The van der Waals surface area contributed by atoms with Gasteiger partial charge < -0.3 is 14.8 Å². The molecule has 0 unspecified atom stereocenters. The maximum absolute atomic E-state index is 12.5. The van der Waals surface area contributed by atoms with Gasteiger partial charge >= 0.3 is 6.03 Å². The average molecular weight is 436 g/mol. The fourth-order valence-electron chi connectivity index (χ4n) is 3.21. The van der Waals surface area contributed by atoms with Crippen molar-refractivity contribution in [3.05, 3.63) is 49.7 Å². The first-order valence-electron chi connectivity index (χ1n) is 9.67. The standard InChI is InChI=1S/C21H20N6O5/c1-3-7-26-17(28)12-32-15-9-13(10-22-19(15)26)23-21(30)25-16-6-5-14-20(24-16)27(8-4-2)18(29)11-31-14/h3-6,9-10H,1-2,7-8,11-12H2,(H2,23,24,25,30). The highest BCUT2D eigenvalue weighted by Gasteiger charge is 2.28. The number of rotatable bonds is 6. The lowest BCUT2D eigenvalue weighted by Gasteiger charge is -2.27. The number of pyridine rings is 2. The van der Waals surface area contributed by atoms with Crippen LogP contribution in [-0.4, -0.2) is 54.1 Å². The smallest absolute Gasteiger partial charge is 0.324 e. The molecule has 11 heteroatoms. The molecule has 2 N–H and O–H groups in total. The van der Waals surface area contributed by atoms with Crippen LogP contribution in [0.15, 0.2) is 49.7 Å². The van der Waals surface area contributed by atoms with Gasteiger partial charge in [0, 0.05) is 19.2 Å². The number of hydrogen-bond donors (Lipinski definition) is 2. The van der Waals surface area contributed by atoms with Gasteiger partial charge in [-0.05, 0) is 12.1 Å². The van der Waals surface area contributed by atoms with E-state index >= 15 is 0 Å². The van der Waals surface area contributed by atoms with Crippen LogP contribution in [0.3, 0.4) is 0 Å². The zero-order valence-electron chi connectivity index (χ0n) is 17.0. The van der Waals surface area contributed by atoms with Crippen LogP contribution in [0.5, 0.6) is 11.5 Å². The fourth-order valence-corrected chi connectivity index (χ4v) is 3.21. The second-order valence-electron chi connectivity index (χ2n) is 6.81. The first-order chi connectivity index (χ1) is 15.5. The Morgan fingerprint density at radius 2 is 1.66 bits per heavy atom. The van der Waals surface area contributed by atoms with E-state index in [1.165, 1.54) is 16.0 Å². The highest BCUT2D eigenvalue weighted by atomic mass is 16.5. The minimum Gasteiger partial charge on any atom is -0.480 e.